The predicted octanol–water partition coefficient (Wildman–Crippen LogP) is 2.44. The maximum absolute atomic E-state index is 11.0. The molecule has 2 N–H and O–H groups in total. The maximum atomic E-state index is 11.0. The van der Waals surface area contributed by atoms with Crippen LogP contribution in [0, 0.1) is 0 Å². The number of unbranched alkanes of at least 4 members (excludes halogenated alkanes) is 5. The molecule has 0 aliphatic carbocycles. The first kappa shape index (κ1) is 19.6. The van der Waals surface area contributed by atoms with Gasteiger partial charge in [-0.05, 0) is 19.3 Å². The first-order chi connectivity index (χ1) is 11.0. The molecule has 0 bridgehead atoms. The molecule has 130 valence electrons. The Labute approximate surface area is 140 Å². The van der Waals surface area contributed by atoms with Gasteiger partial charge in [-0.3, -0.25) is 5.73 Å². The Kier molecular flexibility index (Phi) is 8.81. The van der Waals surface area contributed by atoms with Gasteiger partial charge >= 0.3 is 0 Å². The third-order valence-corrected chi connectivity index (χ3v) is 4.33. The smallest absolute Gasteiger partial charge is 0.209 e. The number of carbonyl (C=O) groups excluding carboxylic acids is 1. The van der Waals surface area contributed by atoms with Crippen LogP contribution < -0.4 is 10.8 Å². The SMILES string of the molecule is CCCCCCC/C=C/CCC1=NC=C[N+]1(CC(=O)[O-])C(C)N. The minimum atomic E-state index is -1.11. The summed E-state index contributed by atoms with van der Waals surface area (Å²) in [4.78, 5) is 15.4. The molecule has 2 unspecified atom stereocenters. The van der Waals surface area contributed by atoms with Gasteiger partial charge in [0.2, 0.25) is 5.84 Å². The molecule has 23 heavy (non-hydrogen) atoms. The normalized spacial score (nSPS) is 21.8. The van der Waals surface area contributed by atoms with Crippen molar-refractivity contribution in [3.63, 3.8) is 0 Å². The van der Waals surface area contributed by atoms with E-state index in [-0.39, 0.29) is 17.2 Å². The lowest BCUT2D eigenvalue weighted by Crippen LogP contribution is -2.60. The van der Waals surface area contributed by atoms with Gasteiger partial charge in [0.05, 0.1) is 12.2 Å². The summed E-state index contributed by atoms with van der Waals surface area (Å²) >= 11 is 0. The summed E-state index contributed by atoms with van der Waals surface area (Å²) in [6, 6.07) is 0. The van der Waals surface area contributed by atoms with E-state index in [2.05, 4.69) is 24.1 Å². The number of allylic oxidation sites excluding steroid dienone is 2. The topological polar surface area (TPSA) is 78.5 Å². The van der Waals surface area contributed by atoms with E-state index in [1.807, 2.05) is 0 Å². The summed E-state index contributed by atoms with van der Waals surface area (Å²) in [6.45, 7) is 3.87. The fourth-order valence-electron chi connectivity index (χ4n) is 2.89. The molecule has 1 heterocycles. The predicted molar refractivity (Wildman–Crippen MR) is 92.1 cm³/mol. The highest BCUT2D eigenvalue weighted by atomic mass is 16.4. The van der Waals surface area contributed by atoms with Crippen molar-refractivity contribution in [1.29, 1.82) is 0 Å². The average Bonchev–Trinajstić information content (AvgIpc) is 2.89. The molecule has 0 fully saturated rings. The number of carbonyl (C=O) groups is 1. The van der Waals surface area contributed by atoms with Gasteiger partial charge in [-0.25, -0.2) is 9.48 Å². The molecule has 0 aromatic heterocycles. The number of carboxylic acids is 1. The van der Waals surface area contributed by atoms with Gasteiger partial charge in [-0.15, -0.1) is 0 Å². The molecule has 0 radical (unpaired) electrons. The third kappa shape index (κ3) is 6.28. The quantitative estimate of drug-likeness (QED) is 0.341. The van der Waals surface area contributed by atoms with Crippen LogP contribution in [0.3, 0.4) is 0 Å². The molecular formula is C18H31N3O2. The zero-order chi connectivity index (χ0) is 17.1. The van der Waals surface area contributed by atoms with Crippen LogP contribution in [0.5, 0.6) is 0 Å². The second-order valence-electron chi connectivity index (χ2n) is 6.26. The Morgan fingerprint density at radius 2 is 2.00 bits per heavy atom. The number of nitrogens with two attached hydrogens (primary N) is 1. The lowest BCUT2D eigenvalue weighted by Gasteiger charge is -2.36. The molecule has 1 aliphatic heterocycles. The number of carboxylic acid groups (broad SMARTS) is 1. The standard InChI is InChI=1S/C18H31N3O2/c1-3-4-5-6-7-8-9-10-11-12-17-20-13-14-21(17,16(2)19)15-18(22)23/h9-10,13-14,16H,3-8,11-12,15,19H2,1-2H3/b10-9+. The molecule has 2 atom stereocenters. The molecular weight excluding hydrogens is 290 g/mol. The van der Waals surface area contributed by atoms with Crippen LogP contribution in [-0.4, -0.2) is 29.0 Å². The molecule has 0 aromatic rings. The summed E-state index contributed by atoms with van der Waals surface area (Å²) in [6.07, 6.45) is 16.6. The van der Waals surface area contributed by atoms with Crippen molar-refractivity contribution in [2.75, 3.05) is 6.54 Å². The third-order valence-electron chi connectivity index (χ3n) is 4.33. The summed E-state index contributed by atoms with van der Waals surface area (Å²) in [7, 11) is 0. The number of aliphatic carboxylic acids is 1. The highest BCUT2D eigenvalue weighted by Gasteiger charge is 2.38. The van der Waals surface area contributed by atoms with Crippen LogP contribution in [0.1, 0.15) is 65.2 Å². The minimum Gasteiger partial charge on any atom is -0.544 e. The lowest BCUT2D eigenvalue weighted by molar-refractivity contribution is -0.808. The maximum Gasteiger partial charge on any atom is 0.209 e. The van der Waals surface area contributed by atoms with E-state index >= 15 is 0 Å². The van der Waals surface area contributed by atoms with Crippen LogP contribution in [0.15, 0.2) is 29.5 Å². The van der Waals surface area contributed by atoms with Crippen molar-refractivity contribution in [3.05, 3.63) is 24.6 Å². The van der Waals surface area contributed by atoms with Gasteiger partial charge in [0.1, 0.15) is 18.9 Å². The summed E-state index contributed by atoms with van der Waals surface area (Å²) in [5.41, 5.74) is 6.01. The Morgan fingerprint density at radius 3 is 2.65 bits per heavy atom. The minimum absolute atomic E-state index is 0.0766. The number of amidine groups is 1. The van der Waals surface area contributed by atoms with E-state index in [9.17, 15) is 9.90 Å². The van der Waals surface area contributed by atoms with Gasteiger partial charge in [-0.2, -0.15) is 0 Å². The lowest BCUT2D eigenvalue weighted by atomic mass is 10.1. The molecule has 1 aliphatic rings. The Morgan fingerprint density at radius 1 is 1.30 bits per heavy atom. The van der Waals surface area contributed by atoms with E-state index < -0.39 is 5.97 Å². The average molecular weight is 321 g/mol. The van der Waals surface area contributed by atoms with Gasteiger partial charge in [0, 0.05) is 13.3 Å². The Balaban J connectivity index is 2.37. The van der Waals surface area contributed by atoms with E-state index in [1.165, 1.54) is 32.1 Å². The van der Waals surface area contributed by atoms with Crippen LogP contribution in [0.2, 0.25) is 0 Å². The van der Waals surface area contributed by atoms with E-state index in [0.29, 0.717) is 6.42 Å². The van der Waals surface area contributed by atoms with Crippen molar-refractivity contribution in [1.82, 2.24) is 0 Å². The van der Waals surface area contributed by atoms with E-state index in [0.717, 1.165) is 18.7 Å². The molecule has 0 aromatic carbocycles. The highest BCUT2D eigenvalue weighted by Crippen LogP contribution is 2.22. The van der Waals surface area contributed by atoms with Crippen LogP contribution in [0.4, 0.5) is 0 Å². The number of rotatable bonds is 12. The van der Waals surface area contributed by atoms with Gasteiger partial charge in [0.15, 0.2) is 0 Å². The first-order valence-corrected chi connectivity index (χ1v) is 8.75. The molecule has 0 saturated carbocycles. The van der Waals surface area contributed by atoms with Crippen molar-refractivity contribution in [3.8, 4) is 0 Å². The van der Waals surface area contributed by atoms with Gasteiger partial charge < -0.3 is 9.90 Å². The molecule has 5 nitrogen and oxygen atoms in total. The molecule has 0 amide bonds. The number of nitrogens with zero attached hydrogens (tertiary/aromatic N) is 2. The summed E-state index contributed by atoms with van der Waals surface area (Å²) in [5.74, 6) is -0.305. The number of quaternary nitrogens is 1. The van der Waals surface area contributed by atoms with E-state index in [1.54, 1.807) is 19.3 Å². The Bertz CT molecular complexity index is 455. The summed E-state index contributed by atoms with van der Waals surface area (Å²) < 4.78 is 0.0766. The second-order valence-corrected chi connectivity index (χ2v) is 6.26. The second kappa shape index (κ2) is 10.3. The van der Waals surface area contributed by atoms with E-state index in [4.69, 9.17) is 5.73 Å². The zero-order valence-corrected chi connectivity index (χ0v) is 14.5. The molecule has 5 heteroatoms. The zero-order valence-electron chi connectivity index (χ0n) is 14.5. The summed E-state index contributed by atoms with van der Waals surface area (Å²) in [5, 5.41) is 11.0. The number of hydrogen-bond acceptors (Lipinski definition) is 4. The fourth-order valence-corrected chi connectivity index (χ4v) is 2.89. The van der Waals surface area contributed by atoms with Crippen molar-refractivity contribution < 1.29 is 14.4 Å². The molecule has 1 rings (SSSR count). The monoisotopic (exact) mass is 321 g/mol. The van der Waals surface area contributed by atoms with Gasteiger partial charge in [-0.1, -0.05) is 44.8 Å². The molecule has 0 saturated heterocycles. The number of hydrogen-bond donors (Lipinski definition) is 1. The highest BCUT2D eigenvalue weighted by molar-refractivity contribution is 5.81. The molecule has 0 spiro atoms. The van der Waals surface area contributed by atoms with Crippen molar-refractivity contribution in [2.45, 2.75) is 71.4 Å². The Hall–Kier alpha value is -1.46. The van der Waals surface area contributed by atoms with Crippen LogP contribution in [0.25, 0.3) is 0 Å². The van der Waals surface area contributed by atoms with Gasteiger partial charge in [0.25, 0.3) is 0 Å². The fraction of sp³-hybridized carbons (Fsp3) is 0.667. The largest absolute Gasteiger partial charge is 0.544 e. The number of aliphatic imine (C=N–C) groups is 1. The van der Waals surface area contributed by atoms with Crippen LogP contribution in [-0.2, 0) is 4.79 Å². The van der Waals surface area contributed by atoms with Crippen molar-refractivity contribution >= 4 is 11.8 Å². The first-order valence-electron chi connectivity index (χ1n) is 8.75. The van der Waals surface area contributed by atoms with Crippen LogP contribution >= 0.6 is 0 Å². The van der Waals surface area contributed by atoms with Crippen molar-refractivity contribution in [2.24, 2.45) is 10.7 Å².